The smallest absolute Gasteiger partial charge is 0.152 e. The van der Waals surface area contributed by atoms with E-state index in [-0.39, 0.29) is 6.04 Å². The van der Waals surface area contributed by atoms with Gasteiger partial charge < -0.3 is 10.1 Å². The lowest BCUT2D eigenvalue weighted by molar-refractivity contribution is 0.314. The SMILES string of the molecule is Cc1ccnc(Cl)c1NC1CCCOc2c(C)cccc21. The first-order chi connectivity index (χ1) is 10.2. The van der Waals surface area contributed by atoms with Gasteiger partial charge in [-0.2, -0.15) is 0 Å². The quantitative estimate of drug-likeness (QED) is 0.818. The Labute approximate surface area is 130 Å². The second kappa shape index (κ2) is 5.94. The van der Waals surface area contributed by atoms with Gasteiger partial charge in [0.25, 0.3) is 0 Å². The molecule has 1 N–H and O–H groups in total. The number of rotatable bonds is 2. The lowest BCUT2D eigenvalue weighted by atomic mass is 9.99. The van der Waals surface area contributed by atoms with Crippen LogP contribution in [0.3, 0.4) is 0 Å². The van der Waals surface area contributed by atoms with Crippen LogP contribution in [0.4, 0.5) is 5.69 Å². The largest absolute Gasteiger partial charge is 0.493 e. The Kier molecular flexibility index (Phi) is 4.02. The van der Waals surface area contributed by atoms with Gasteiger partial charge in [0.2, 0.25) is 0 Å². The highest BCUT2D eigenvalue weighted by Crippen LogP contribution is 2.37. The average Bonchev–Trinajstić information content (AvgIpc) is 2.67. The van der Waals surface area contributed by atoms with Crippen LogP contribution in [0.25, 0.3) is 0 Å². The van der Waals surface area contributed by atoms with E-state index in [2.05, 4.69) is 35.4 Å². The van der Waals surface area contributed by atoms with Gasteiger partial charge in [0, 0.05) is 11.8 Å². The molecule has 0 saturated heterocycles. The summed E-state index contributed by atoms with van der Waals surface area (Å²) in [5.41, 5.74) is 4.40. The van der Waals surface area contributed by atoms with Gasteiger partial charge in [0.05, 0.1) is 18.3 Å². The van der Waals surface area contributed by atoms with Gasteiger partial charge in [-0.1, -0.05) is 29.8 Å². The molecule has 1 aromatic carbocycles. The Bertz CT molecular complexity index is 637. The van der Waals surface area contributed by atoms with Crippen molar-refractivity contribution in [2.75, 3.05) is 11.9 Å². The molecule has 3 rings (SSSR count). The molecule has 110 valence electrons. The first kappa shape index (κ1) is 14.2. The lowest BCUT2D eigenvalue weighted by Crippen LogP contribution is -2.12. The average molecular weight is 303 g/mol. The molecule has 2 heterocycles. The van der Waals surface area contributed by atoms with E-state index < -0.39 is 0 Å². The summed E-state index contributed by atoms with van der Waals surface area (Å²) in [7, 11) is 0. The Balaban J connectivity index is 1.98. The molecule has 0 fully saturated rings. The topological polar surface area (TPSA) is 34.2 Å². The molecule has 4 heteroatoms. The van der Waals surface area contributed by atoms with Crippen LogP contribution in [0.15, 0.2) is 30.5 Å². The summed E-state index contributed by atoms with van der Waals surface area (Å²) in [6, 6.07) is 8.46. The van der Waals surface area contributed by atoms with Crippen molar-refractivity contribution in [3.8, 4) is 5.75 Å². The van der Waals surface area contributed by atoms with Gasteiger partial charge in [-0.25, -0.2) is 4.98 Å². The minimum Gasteiger partial charge on any atom is -0.493 e. The molecular formula is C17H19ClN2O. The number of nitrogens with zero attached hydrogens (tertiary/aromatic N) is 1. The maximum atomic E-state index is 6.24. The Morgan fingerprint density at radius 3 is 2.90 bits per heavy atom. The van der Waals surface area contributed by atoms with E-state index in [1.54, 1.807) is 6.20 Å². The third-order valence-electron chi connectivity index (χ3n) is 3.93. The second-order valence-corrected chi connectivity index (χ2v) is 5.83. The Morgan fingerprint density at radius 2 is 2.10 bits per heavy atom. The Hall–Kier alpha value is -1.74. The van der Waals surface area contributed by atoms with E-state index in [9.17, 15) is 0 Å². The van der Waals surface area contributed by atoms with E-state index in [1.807, 2.05) is 13.0 Å². The van der Waals surface area contributed by atoms with Gasteiger partial charge in [0.15, 0.2) is 5.15 Å². The number of ether oxygens (including phenoxy) is 1. The zero-order chi connectivity index (χ0) is 14.8. The van der Waals surface area contributed by atoms with Crippen LogP contribution in [0.2, 0.25) is 5.15 Å². The van der Waals surface area contributed by atoms with Crippen molar-refractivity contribution in [1.29, 1.82) is 0 Å². The second-order valence-electron chi connectivity index (χ2n) is 5.47. The number of hydrogen-bond donors (Lipinski definition) is 1. The van der Waals surface area contributed by atoms with Crippen molar-refractivity contribution >= 4 is 17.3 Å². The maximum absolute atomic E-state index is 6.24. The molecule has 3 nitrogen and oxygen atoms in total. The summed E-state index contributed by atoms with van der Waals surface area (Å²) in [6.45, 7) is 4.89. The fourth-order valence-corrected chi connectivity index (χ4v) is 3.05. The zero-order valence-electron chi connectivity index (χ0n) is 12.3. The van der Waals surface area contributed by atoms with Crippen LogP contribution in [-0.4, -0.2) is 11.6 Å². The fourth-order valence-electron chi connectivity index (χ4n) is 2.79. The summed E-state index contributed by atoms with van der Waals surface area (Å²) >= 11 is 6.24. The van der Waals surface area contributed by atoms with Crippen molar-refractivity contribution in [3.63, 3.8) is 0 Å². The van der Waals surface area contributed by atoms with Gasteiger partial charge in [-0.15, -0.1) is 0 Å². The van der Waals surface area contributed by atoms with Gasteiger partial charge in [-0.05, 0) is 43.9 Å². The highest BCUT2D eigenvalue weighted by molar-refractivity contribution is 6.32. The number of halogens is 1. The normalized spacial score (nSPS) is 17.6. The monoisotopic (exact) mass is 302 g/mol. The molecule has 0 spiro atoms. The number of anilines is 1. The number of fused-ring (bicyclic) bond motifs is 1. The van der Waals surface area contributed by atoms with Crippen molar-refractivity contribution < 1.29 is 4.74 Å². The molecule has 0 bridgehead atoms. The zero-order valence-corrected chi connectivity index (χ0v) is 13.1. The van der Waals surface area contributed by atoms with Crippen LogP contribution in [0, 0.1) is 13.8 Å². The first-order valence-corrected chi connectivity index (χ1v) is 7.64. The molecule has 1 aliphatic rings. The third-order valence-corrected chi connectivity index (χ3v) is 4.22. The van der Waals surface area contributed by atoms with Gasteiger partial charge >= 0.3 is 0 Å². The van der Waals surface area contributed by atoms with Crippen LogP contribution in [-0.2, 0) is 0 Å². The fraction of sp³-hybridized carbons (Fsp3) is 0.353. The standard InChI is InChI=1S/C17H19ClN2O/c1-11-8-9-19-17(18)15(11)20-14-7-4-10-21-16-12(2)5-3-6-13(14)16/h3,5-6,8-9,14,20H,4,7,10H2,1-2H3. The van der Waals surface area contributed by atoms with E-state index in [0.29, 0.717) is 5.15 Å². The molecule has 0 aliphatic carbocycles. The Morgan fingerprint density at radius 1 is 1.24 bits per heavy atom. The molecule has 0 radical (unpaired) electrons. The summed E-state index contributed by atoms with van der Waals surface area (Å²) in [5.74, 6) is 1.00. The highest BCUT2D eigenvalue weighted by Gasteiger charge is 2.22. The number of nitrogens with one attached hydrogen (secondary N) is 1. The van der Waals surface area contributed by atoms with Crippen molar-refractivity contribution in [3.05, 3.63) is 52.3 Å². The van der Waals surface area contributed by atoms with E-state index in [0.717, 1.165) is 36.4 Å². The molecule has 2 aromatic rings. The highest BCUT2D eigenvalue weighted by atomic mass is 35.5. The molecule has 1 unspecified atom stereocenters. The van der Waals surface area contributed by atoms with E-state index in [4.69, 9.17) is 16.3 Å². The number of pyridine rings is 1. The number of aryl methyl sites for hydroxylation is 2. The lowest BCUT2D eigenvalue weighted by Gasteiger charge is -2.22. The number of benzene rings is 1. The van der Waals surface area contributed by atoms with Crippen molar-refractivity contribution in [2.24, 2.45) is 0 Å². The predicted octanol–water partition coefficient (Wildman–Crippen LogP) is 4.68. The van der Waals surface area contributed by atoms with Crippen LogP contribution in [0.5, 0.6) is 5.75 Å². The summed E-state index contributed by atoms with van der Waals surface area (Å²) in [4.78, 5) is 4.17. The van der Waals surface area contributed by atoms with Crippen molar-refractivity contribution in [2.45, 2.75) is 32.7 Å². The van der Waals surface area contributed by atoms with Crippen LogP contribution < -0.4 is 10.1 Å². The van der Waals surface area contributed by atoms with Gasteiger partial charge in [-0.3, -0.25) is 0 Å². The summed E-state index contributed by atoms with van der Waals surface area (Å²) < 4.78 is 5.92. The first-order valence-electron chi connectivity index (χ1n) is 7.27. The molecule has 21 heavy (non-hydrogen) atoms. The van der Waals surface area contributed by atoms with Crippen LogP contribution in [0.1, 0.15) is 35.6 Å². The van der Waals surface area contributed by atoms with Gasteiger partial charge in [0.1, 0.15) is 5.75 Å². The minimum absolute atomic E-state index is 0.197. The van der Waals surface area contributed by atoms with Crippen LogP contribution >= 0.6 is 11.6 Å². The molecule has 0 amide bonds. The molecule has 1 aromatic heterocycles. The predicted molar refractivity (Wildman–Crippen MR) is 86.3 cm³/mol. The molecule has 1 aliphatic heterocycles. The van der Waals surface area contributed by atoms with E-state index >= 15 is 0 Å². The maximum Gasteiger partial charge on any atom is 0.152 e. The third kappa shape index (κ3) is 2.84. The molecule has 0 saturated carbocycles. The number of hydrogen-bond acceptors (Lipinski definition) is 3. The minimum atomic E-state index is 0.197. The van der Waals surface area contributed by atoms with E-state index in [1.165, 1.54) is 11.1 Å². The summed E-state index contributed by atoms with van der Waals surface area (Å²) in [6.07, 6.45) is 3.76. The number of aromatic nitrogens is 1. The van der Waals surface area contributed by atoms with Crippen molar-refractivity contribution in [1.82, 2.24) is 4.98 Å². The number of para-hydroxylation sites is 1. The molecular weight excluding hydrogens is 284 g/mol. The summed E-state index contributed by atoms with van der Waals surface area (Å²) in [5, 5.41) is 4.09. The molecule has 1 atom stereocenters.